The van der Waals surface area contributed by atoms with E-state index in [1.807, 2.05) is 51.2 Å². The highest BCUT2D eigenvalue weighted by Crippen LogP contribution is 2.40. The molecule has 0 saturated heterocycles. The number of pyridine rings is 2. The van der Waals surface area contributed by atoms with Crippen molar-refractivity contribution in [1.82, 2.24) is 19.7 Å². The summed E-state index contributed by atoms with van der Waals surface area (Å²) in [4.78, 5) is 24.0. The molecule has 0 atom stereocenters. The number of nitrogens with zero attached hydrogens (tertiary/aromatic N) is 5. The van der Waals surface area contributed by atoms with Crippen molar-refractivity contribution in [2.45, 2.75) is 25.7 Å². The molecule has 1 aliphatic carbocycles. The van der Waals surface area contributed by atoms with Gasteiger partial charge in [-0.15, -0.1) is 0 Å². The standard InChI is InChI=1S/C19H22N6O/c1-11-17-14(9-15(12-5-6-12)22-18(17)25(4)23-11)19(26)21-13-7-8-16(20-10-13)24(2)3/h7-10,12H,5-6H2,1-4H3,(H,21,26). The molecule has 3 aromatic heterocycles. The van der Waals surface area contributed by atoms with Crippen molar-refractivity contribution in [1.29, 1.82) is 0 Å². The lowest BCUT2D eigenvalue weighted by Gasteiger charge is -2.12. The Kier molecular flexibility index (Phi) is 3.86. The van der Waals surface area contributed by atoms with Crippen LogP contribution in [0.4, 0.5) is 11.5 Å². The van der Waals surface area contributed by atoms with E-state index in [2.05, 4.69) is 15.4 Å². The highest BCUT2D eigenvalue weighted by atomic mass is 16.1. The van der Waals surface area contributed by atoms with Gasteiger partial charge in [-0.1, -0.05) is 0 Å². The average molecular weight is 350 g/mol. The number of hydrogen-bond donors (Lipinski definition) is 1. The Labute approximate surface area is 152 Å². The van der Waals surface area contributed by atoms with Gasteiger partial charge in [0.05, 0.1) is 28.5 Å². The average Bonchev–Trinajstić information content (AvgIpc) is 3.42. The molecule has 3 aromatic rings. The van der Waals surface area contributed by atoms with Crippen LogP contribution in [0.1, 0.15) is 40.5 Å². The van der Waals surface area contributed by atoms with Crippen molar-refractivity contribution in [3.8, 4) is 0 Å². The zero-order valence-corrected chi connectivity index (χ0v) is 15.4. The molecule has 4 rings (SSSR count). The zero-order valence-electron chi connectivity index (χ0n) is 15.4. The summed E-state index contributed by atoms with van der Waals surface area (Å²) < 4.78 is 1.75. The first-order chi connectivity index (χ1) is 12.4. The molecule has 1 N–H and O–H groups in total. The summed E-state index contributed by atoms with van der Waals surface area (Å²) in [6, 6.07) is 5.66. The van der Waals surface area contributed by atoms with Crippen molar-refractivity contribution >= 4 is 28.4 Å². The molecule has 3 heterocycles. The van der Waals surface area contributed by atoms with Gasteiger partial charge in [0.2, 0.25) is 0 Å². The Morgan fingerprint density at radius 1 is 1.31 bits per heavy atom. The van der Waals surface area contributed by atoms with Crippen LogP contribution in [-0.4, -0.2) is 39.8 Å². The van der Waals surface area contributed by atoms with Crippen molar-refractivity contribution in [3.63, 3.8) is 0 Å². The van der Waals surface area contributed by atoms with Crippen LogP contribution in [0.25, 0.3) is 11.0 Å². The minimum atomic E-state index is -0.158. The maximum Gasteiger partial charge on any atom is 0.256 e. The molecule has 0 aliphatic heterocycles. The lowest BCUT2D eigenvalue weighted by atomic mass is 10.1. The van der Waals surface area contributed by atoms with E-state index < -0.39 is 0 Å². The number of aryl methyl sites for hydroxylation is 2. The van der Waals surface area contributed by atoms with E-state index in [4.69, 9.17) is 4.98 Å². The van der Waals surface area contributed by atoms with Gasteiger partial charge in [0.15, 0.2) is 5.65 Å². The van der Waals surface area contributed by atoms with Gasteiger partial charge in [-0.05, 0) is 38.0 Å². The van der Waals surface area contributed by atoms with Crippen LogP contribution in [0, 0.1) is 6.92 Å². The summed E-state index contributed by atoms with van der Waals surface area (Å²) in [6.07, 6.45) is 3.93. The third-order valence-corrected chi connectivity index (χ3v) is 4.69. The van der Waals surface area contributed by atoms with Gasteiger partial charge in [-0.2, -0.15) is 5.10 Å². The molecule has 1 aliphatic rings. The van der Waals surface area contributed by atoms with E-state index in [0.717, 1.165) is 41.1 Å². The van der Waals surface area contributed by atoms with Crippen molar-refractivity contribution in [2.24, 2.45) is 7.05 Å². The fraction of sp³-hybridized carbons (Fsp3) is 0.368. The number of anilines is 2. The summed E-state index contributed by atoms with van der Waals surface area (Å²) in [6.45, 7) is 1.91. The fourth-order valence-corrected chi connectivity index (χ4v) is 3.15. The Morgan fingerprint density at radius 3 is 2.69 bits per heavy atom. The number of hydrogen-bond acceptors (Lipinski definition) is 5. The van der Waals surface area contributed by atoms with Gasteiger partial charge in [-0.3, -0.25) is 9.48 Å². The summed E-state index contributed by atoms with van der Waals surface area (Å²) >= 11 is 0. The molecule has 26 heavy (non-hydrogen) atoms. The lowest BCUT2D eigenvalue weighted by Crippen LogP contribution is -2.15. The molecular weight excluding hydrogens is 328 g/mol. The second-order valence-electron chi connectivity index (χ2n) is 7.03. The van der Waals surface area contributed by atoms with E-state index in [1.54, 1.807) is 10.9 Å². The van der Waals surface area contributed by atoms with E-state index in [0.29, 0.717) is 17.2 Å². The Morgan fingerprint density at radius 2 is 2.08 bits per heavy atom. The van der Waals surface area contributed by atoms with Crippen LogP contribution in [-0.2, 0) is 7.05 Å². The van der Waals surface area contributed by atoms with Gasteiger partial charge >= 0.3 is 0 Å². The molecule has 0 unspecified atom stereocenters. The lowest BCUT2D eigenvalue weighted by molar-refractivity contribution is 0.102. The highest BCUT2D eigenvalue weighted by molar-refractivity contribution is 6.12. The second-order valence-corrected chi connectivity index (χ2v) is 7.03. The minimum Gasteiger partial charge on any atom is -0.363 e. The van der Waals surface area contributed by atoms with Crippen LogP contribution < -0.4 is 10.2 Å². The maximum absolute atomic E-state index is 13.0. The zero-order chi connectivity index (χ0) is 18.4. The van der Waals surface area contributed by atoms with Gasteiger partial charge < -0.3 is 10.2 Å². The number of carbonyl (C=O) groups excluding carboxylic acids is 1. The molecule has 0 spiro atoms. The molecule has 7 heteroatoms. The number of nitrogens with one attached hydrogen (secondary N) is 1. The SMILES string of the molecule is Cc1nn(C)c2nc(C3CC3)cc(C(=O)Nc3ccc(N(C)C)nc3)c12. The van der Waals surface area contributed by atoms with E-state index >= 15 is 0 Å². The van der Waals surface area contributed by atoms with Crippen molar-refractivity contribution in [3.05, 3.63) is 41.3 Å². The van der Waals surface area contributed by atoms with Crippen molar-refractivity contribution < 1.29 is 4.79 Å². The molecule has 1 amide bonds. The van der Waals surface area contributed by atoms with E-state index in [9.17, 15) is 4.79 Å². The van der Waals surface area contributed by atoms with Crippen molar-refractivity contribution in [2.75, 3.05) is 24.3 Å². The largest absolute Gasteiger partial charge is 0.363 e. The van der Waals surface area contributed by atoms with Crippen LogP contribution in [0.3, 0.4) is 0 Å². The molecule has 134 valence electrons. The summed E-state index contributed by atoms with van der Waals surface area (Å²) in [7, 11) is 5.72. The number of fused-ring (bicyclic) bond motifs is 1. The van der Waals surface area contributed by atoms with Crippen LogP contribution in [0.5, 0.6) is 0 Å². The first-order valence-corrected chi connectivity index (χ1v) is 8.73. The van der Waals surface area contributed by atoms with Gasteiger partial charge in [0.1, 0.15) is 5.82 Å². The van der Waals surface area contributed by atoms with Crippen LogP contribution in [0.15, 0.2) is 24.4 Å². The van der Waals surface area contributed by atoms with Gasteiger partial charge in [0.25, 0.3) is 5.91 Å². The van der Waals surface area contributed by atoms with Crippen LogP contribution >= 0.6 is 0 Å². The number of aromatic nitrogens is 4. The third kappa shape index (κ3) is 2.89. The van der Waals surface area contributed by atoms with E-state index in [1.165, 1.54) is 0 Å². The van der Waals surface area contributed by atoms with Gasteiger partial charge in [0, 0.05) is 32.8 Å². The first-order valence-electron chi connectivity index (χ1n) is 8.73. The predicted octanol–water partition coefficient (Wildman–Crippen LogP) is 2.87. The number of carbonyl (C=O) groups is 1. The number of rotatable bonds is 4. The molecule has 1 saturated carbocycles. The maximum atomic E-state index is 13.0. The third-order valence-electron chi connectivity index (χ3n) is 4.69. The monoisotopic (exact) mass is 350 g/mol. The minimum absolute atomic E-state index is 0.158. The summed E-state index contributed by atoms with van der Waals surface area (Å²) in [5, 5.41) is 8.22. The molecule has 1 fully saturated rings. The van der Waals surface area contributed by atoms with Crippen LogP contribution in [0.2, 0.25) is 0 Å². The Hall–Kier alpha value is -2.96. The Bertz CT molecular complexity index is 985. The molecule has 0 aromatic carbocycles. The highest BCUT2D eigenvalue weighted by Gasteiger charge is 2.28. The molecule has 7 nitrogen and oxygen atoms in total. The predicted molar refractivity (Wildman–Crippen MR) is 102 cm³/mol. The Balaban J connectivity index is 1.71. The normalized spacial score (nSPS) is 13.8. The first kappa shape index (κ1) is 16.5. The topological polar surface area (TPSA) is 75.9 Å². The summed E-state index contributed by atoms with van der Waals surface area (Å²) in [5.41, 5.74) is 3.84. The fourth-order valence-electron chi connectivity index (χ4n) is 3.15. The second kappa shape index (κ2) is 6.09. The quantitative estimate of drug-likeness (QED) is 0.783. The van der Waals surface area contributed by atoms with Gasteiger partial charge in [-0.25, -0.2) is 9.97 Å². The molecule has 0 bridgehead atoms. The smallest absolute Gasteiger partial charge is 0.256 e. The van der Waals surface area contributed by atoms with E-state index in [-0.39, 0.29) is 5.91 Å². The molecule has 0 radical (unpaired) electrons. The molecular formula is C19H22N6O. The summed E-state index contributed by atoms with van der Waals surface area (Å²) in [5.74, 6) is 1.14. The number of amides is 1.